The van der Waals surface area contributed by atoms with Gasteiger partial charge in [0.15, 0.2) is 5.96 Å². The van der Waals surface area contributed by atoms with E-state index in [2.05, 4.69) is 38.9 Å². The standard InChI is InChI=1S/C19H35N7O5S2/c1-33-9-6-12(16(28)25-13(18(30)31)5-3-8-23-19(20)21)24-17(29)14(10-32)26-15(27)11-4-2-7-22-11/h11-14,22,32H,2-10H2,1H3,(H,24,29)(H,25,28)(H,26,27)(H,30,31)(H4,20,21,23). The average Bonchev–Trinajstić information content (AvgIpc) is 3.31. The van der Waals surface area contributed by atoms with Crippen LogP contribution in [0.4, 0.5) is 0 Å². The van der Waals surface area contributed by atoms with Crippen LogP contribution in [0, 0.1) is 0 Å². The lowest BCUT2D eigenvalue weighted by Gasteiger charge is -2.24. The van der Waals surface area contributed by atoms with Gasteiger partial charge in [0.1, 0.15) is 18.1 Å². The van der Waals surface area contributed by atoms with E-state index in [4.69, 9.17) is 11.5 Å². The Morgan fingerprint density at radius 1 is 1.12 bits per heavy atom. The molecule has 1 heterocycles. The Balaban J connectivity index is 2.74. The average molecular weight is 506 g/mol. The maximum atomic E-state index is 12.8. The van der Waals surface area contributed by atoms with Gasteiger partial charge in [-0.25, -0.2) is 4.79 Å². The molecule has 1 saturated heterocycles. The van der Waals surface area contributed by atoms with Crippen molar-refractivity contribution in [3.63, 3.8) is 0 Å². The van der Waals surface area contributed by atoms with Crippen molar-refractivity contribution in [2.24, 2.45) is 16.5 Å². The number of amides is 3. The summed E-state index contributed by atoms with van der Waals surface area (Å²) < 4.78 is 0. The van der Waals surface area contributed by atoms with Crippen molar-refractivity contribution in [3.8, 4) is 0 Å². The summed E-state index contributed by atoms with van der Waals surface area (Å²) in [4.78, 5) is 53.3. The quantitative estimate of drug-likeness (QED) is 0.0537. The predicted octanol–water partition coefficient (Wildman–Crippen LogP) is -1.99. The molecule has 1 aliphatic rings. The number of rotatable bonds is 15. The van der Waals surface area contributed by atoms with Crippen molar-refractivity contribution < 1.29 is 24.3 Å². The molecule has 9 N–H and O–H groups in total. The topological polar surface area (TPSA) is 201 Å². The fraction of sp³-hybridized carbons (Fsp3) is 0.737. The lowest BCUT2D eigenvalue weighted by molar-refractivity contribution is -0.142. The molecule has 3 amide bonds. The summed E-state index contributed by atoms with van der Waals surface area (Å²) >= 11 is 5.64. The number of guanidine groups is 1. The third-order valence-electron chi connectivity index (χ3n) is 5.00. The van der Waals surface area contributed by atoms with Crippen LogP contribution in [0.25, 0.3) is 0 Å². The van der Waals surface area contributed by atoms with E-state index in [-0.39, 0.29) is 43.0 Å². The highest BCUT2D eigenvalue weighted by atomic mass is 32.2. The molecule has 12 nitrogen and oxygen atoms in total. The van der Waals surface area contributed by atoms with Gasteiger partial charge in [-0.2, -0.15) is 24.4 Å². The summed E-state index contributed by atoms with van der Waals surface area (Å²) in [5.74, 6) is -2.16. The molecule has 1 aliphatic heterocycles. The summed E-state index contributed by atoms with van der Waals surface area (Å²) in [6.45, 7) is 0.969. The van der Waals surface area contributed by atoms with Gasteiger partial charge in [-0.15, -0.1) is 0 Å². The number of thioether (sulfide) groups is 1. The van der Waals surface area contributed by atoms with Crippen LogP contribution in [-0.2, 0) is 19.2 Å². The van der Waals surface area contributed by atoms with Crippen LogP contribution in [0.5, 0.6) is 0 Å². The summed E-state index contributed by atoms with van der Waals surface area (Å²) in [6.07, 6.45) is 4.17. The van der Waals surface area contributed by atoms with E-state index < -0.39 is 35.9 Å². The van der Waals surface area contributed by atoms with E-state index in [9.17, 15) is 24.3 Å². The first-order chi connectivity index (χ1) is 15.7. The number of nitrogens with one attached hydrogen (secondary N) is 4. The van der Waals surface area contributed by atoms with Crippen molar-refractivity contribution in [1.82, 2.24) is 21.3 Å². The number of nitrogens with two attached hydrogens (primary N) is 2. The lowest BCUT2D eigenvalue weighted by Crippen LogP contribution is -2.57. The maximum absolute atomic E-state index is 12.8. The minimum atomic E-state index is -1.20. The van der Waals surface area contributed by atoms with Crippen molar-refractivity contribution in [1.29, 1.82) is 0 Å². The molecule has 0 radical (unpaired) electrons. The molecule has 188 valence electrons. The smallest absolute Gasteiger partial charge is 0.326 e. The number of hydrogen-bond donors (Lipinski definition) is 8. The van der Waals surface area contributed by atoms with Crippen LogP contribution < -0.4 is 32.7 Å². The monoisotopic (exact) mass is 505 g/mol. The lowest BCUT2D eigenvalue weighted by atomic mass is 10.1. The molecule has 0 aliphatic carbocycles. The van der Waals surface area contributed by atoms with Gasteiger partial charge in [-0.3, -0.25) is 19.4 Å². The molecular weight excluding hydrogens is 470 g/mol. The summed E-state index contributed by atoms with van der Waals surface area (Å²) in [7, 11) is 0. The molecule has 1 rings (SSSR count). The molecule has 0 aromatic rings. The molecular formula is C19H35N7O5S2. The molecule has 1 fully saturated rings. The second kappa shape index (κ2) is 15.6. The van der Waals surface area contributed by atoms with E-state index in [0.717, 1.165) is 13.0 Å². The summed E-state index contributed by atoms with van der Waals surface area (Å²) in [5.41, 5.74) is 10.5. The van der Waals surface area contributed by atoms with E-state index in [1.54, 1.807) is 0 Å². The zero-order chi connectivity index (χ0) is 24.8. The van der Waals surface area contributed by atoms with Crippen molar-refractivity contribution in [3.05, 3.63) is 0 Å². The van der Waals surface area contributed by atoms with E-state index in [1.807, 2.05) is 6.26 Å². The SMILES string of the molecule is CSCCC(NC(=O)C(CS)NC(=O)C1CCCN1)C(=O)NC(CCCN=C(N)N)C(=O)O. The number of carboxylic acids is 1. The zero-order valence-corrected chi connectivity index (χ0v) is 20.4. The van der Waals surface area contributed by atoms with Gasteiger partial charge in [-0.1, -0.05) is 0 Å². The van der Waals surface area contributed by atoms with Crippen molar-refractivity contribution in [2.75, 3.05) is 30.9 Å². The first-order valence-electron chi connectivity index (χ1n) is 10.7. The first-order valence-corrected chi connectivity index (χ1v) is 12.7. The molecule has 0 aromatic heterocycles. The second-order valence-corrected chi connectivity index (χ2v) is 8.93. The Labute approximate surface area is 203 Å². The number of aliphatic imine (C=N–C) groups is 1. The fourth-order valence-electron chi connectivity index (χ4n) is 3.18. The van der Waals surface area contributed by atoms with Crippen LogP contribution in [0.15, 0.2) is 4.99 Å². The van der Waals surface area contributed by atoms with Crippen molar-refractivity contribution >= 4 is 54.0 Å². The highest BCUT2D eigenvalue weighted by Gasteiger charge is 2.30. The third-order valence-corrected chi connectivity index (χ3v) is 6.00. The van der Waals surface area contributed by atoms with E-state index >= 15 is 0 Å². The van der Waals surface area contributed by atoms with Gasteiger partial charge in [0.05, 0.1) is 6.04 Å². The van der Waals surface area contributed by atoms with Crippen LogP contribution in [-0.4, -0.2) is 89.8 Å². The van der Waals surface area contributed by atoms with Crippen LogP contribution in [0.3, 0.4) is 0 Å². The van der Waals surface area contributed by atoms with Gasteiger partial charge in [0.2, 0.25) is 17.7 Å². The second-order valence-electron chi connectivity index (χ2n) is 7.58. The number of carbonyl (C=O) groups excluding carboxylic acids is 3. The Bertz CT molecular complexity index is 700. The molecule has 0 bridgehead atoms. The van der Waals surface area contributed by atoms with Gasteiger partial charge in [-0.05, 0) is 50.7 Å². The van der Waals surface area contributed by atoms with E-state index in [1.165, 1.54) is 11.8 Å². The fourth-order valence-corrected chi connectivity index (χ4v) is 3.91. The minimum absolute atomic E-state index is 0.0453. The summed E-state index contributed by atoms with van der Waals surface area (Å²) in [6, 6.07) is -3.41. The number of hydrogen-bond acceptors (Lipinski definition) is 8. The molecule has 0 spiro atoms. The van der Waals surface area contributed by atoms with Crippen LogP contribution in [0.1, 0.15) is 32.1 Å². The Kier molecular flexibility index (Phi) is 13.6. The van der Waals surface area contributed by atoms with Crippen LogP contribution >= 0.6 is 24.4 Å². The van der Waals surface area contributed by atoms with Crippen molar-refractivity contribution in [2.45, 2.75) is 56.3 Å². The molecule has 0 saturated carbocycles. The normalized spacial score (nSPS) is 17.9. The first kappa shape index (κ1) is 28.8. The van der Waals surface area contributed by atoms with Gasteiger partial charge >= 0.3 is 5.97 Å². The molecule has 4 unspecified atom stereocenters. The molecule has 4 atom stereocenters. The number of thiol groups is 1. The number of aliphatic carboxylic acids is 1. The molecule has 0 aromatic carbocycles. The highest BCUT2D eigenvalue weighted by Crippen LogP contribution is 2.07. The molecule has 14 heteroatoms. The van der Waals surface area contributed by atoms with Gasteiger partial charge in [0, 0.05) is 12.3 Å². The number of carboxylic acid groups (broad SMARTS) is 1. The van der Waals surface area contributed by atoms with Gasteiger partial charge in [0.25, 0.3) is 0 Å². The van der Waals surface area contributed by atoms with Crippen LogP contribution in [0.2, 0.25) is 0 Å². The van der Waals surface area contributed by atoms with E-state index in [0.29, 0.717) is 18.6 Å². The third kappa shape index (κ3) is 11.0. The Morgan fingerprint density at radius 2 is 1.79 bits per heavy atom. The zero-order valence-electron chi connectivity index (χ0n) is 18.7. The number of carbonyl (C=O) groups is 4. The number of nitrogens with zero attached hydrogens (tertiary/aromatic N) is 1. The highest BCUT2D eigenvalue weighted by molar-refractivity contribution is 7.98. The predicted molar refractivity (Wildman–Crippen MR) is 131 cm³/mol. The Hall–Kier alpha value is -2.19. The minimum Gasteiger partial charge on any atom is -0.480 e. The largest absolute Gasteiger partial charge is 0.480 e. The Morgan fingerprint density at radius 3 is 2.33 bits per heavy atom. The maximum Gasteiger partial charge on any atom is 0.326 e. The molecule has 33 heavy (non-hydrogen) atoms. The van der Waals surface area contributed by atoms with Gasteiger partial charge < -0.3 is 37.8 Å². The summed E-state index contributed by atoms with van der Waals surface area (Å²) in [5, 5.41) is 20.3.